The van der Waals surface area contributed by atoms with Gasteiger partial charge in [0.15, 0.2) is 0 Å². The Hall–Kier alpha value is -0.640. The maximum absolute atomic E-state index is 11.5. The van der Waals surface area contributed by atoms with E-state index in [1.807, 2.05) is 0 Å². The van der Waals surface area contributed by atoms with Crippen LogP contribution in [-0.2, 0) is 4.79 Å². The average molecular weight is 111 g/mol. The topological polar surface area (TPSA) is 63.3 Å². The summed E-state index contributed by atoms with van der Waals surface area (Å²) < 4.78 is 11.5. The fourth-order valence-electron chi connectivity index (χ4n) is 0.101. The highest BCUT2D eigenvalue weighted by Crippen LogP contribution is 1.83. The van der Waals surface area contributed by atoms with Crippen LogP contribution < -0.4 is 5.73 Å². The number of carbonyl (C=O) groups is 1. The van der Waals surface area contributed by atoms with Crippen molar-refractivity contribution in [1.29, 1.82) is 0 Å². The number of hydrogen-bond acceptors (Lipinski definition) is 2. The summed E-state index contributed by atoms with van der Waals surface area (Å²) in [6.45, 7) is -0.449. The predicted octanol–water partition coefficient (Wildman–Crippen LogP) is -0.632. The maximum Gasteiger partial charge on any atom is 0.339 e. The van der Waals surface area contributed by atoms with E-state index in [2.05, 4.69) is 5.73 Å². The third-order valence-corrected chi connectivity index (χ3v) is 0.475. The van der Waals surface area contributed by atoms with Crippen molar-refractivity contribution in [2.45, 2.75) is 6.17 Å². The first-order chi connectivity index (χ1) is 3.18. The molecule has 0 spiro atoms. The quantitative estimate of drug-likeness (QED) is 0.368. The zero-order valence-electron chi connectivity index (χ0n) is 3.60. The summed E-state index contributed by atoms with van der Waals surface area (Å²) in [6, 6.07) is 0. The first-order valence-electron chi connectivity index (χ1n) is 1.75. The van der Waals surface area contributed by atoms with Crippen LogP contribution in [0.25, 0.3) is 0 Å². The molecule has 3 nitrogen and oxygen atoms in total. The molecule has 0 aromatic carbocycles. The monoisotopic (exact) mass is 111 g/mol. The van der Waals surface area contributed by atoms with Gasteiger partial charge in [-0.2, -0.15) is 0 Å². The highest BCUT2D eigenvalue weighted by atomic mass is 19.2. The number of carboxylic acids is 1. The molecule has 0 heterocycles. The van der Waals surface area contributed by atoms with Gasteiger partial charge in [-0.15, -0.1) is 0 Å². The lowest BCUT2D eigenvalue weighted by atomic mass is 11.4. The van der Waals surface area contributed by atoms with Gasteiger partial charge < -0.3 is 10.8 Å². The molecular formula is C3H6FNO2. The van der Waals surface area contributed by atoms with E-state index in [0.29, 0.717) is 0 Å². The summed E-state index contributed by atoms with van der Waals surface area (Å²) in [7, 11) is 0. The Morgan fingerprint density at radius 1 is 2.00 bits per heavy atom. The molecule has 0 aliphatic carbocycles. The minimum atomic E-state index is -1.90. The lowest BCUT2D eigenvalue weighted by Crippen LogP contribution is -2.24. The number of carboxylic acid groups (broad SMARTS) is 1. The van der Waals surface area contributed by atoms with E-state index >= 15 is 0 Å². The Morgan fingerprint density at radius 3 is 2.43 bits per heavy atom. The van der Waals surface area contributed by atoms with E-state index in [-0.39, 0.29) is 0 Å². The Morgan fingerprint density at radius 2 is 2.43 bits per heavy atom. The fraction of sp³-hybridized carbons (Fsp3) is 0.667. The van der Waals surface area contributed by atoms with E-state index in [9.17, 15) is 9.18 Å². The maximum atomic E-state index is 11.5. The molecule has 0 rings (SSSR count). The number of halogens is 1. The molecule has 0 bridgehead atoms. The molecule has 1 atom stereocenters. The Kier molecular flexibility index (Phi) is 2.29. The summed E-state index contributed by atoms with van der Waals surface area (Å²) in [5.41, 5.74) is 4.62. The van der Waals surface area contributed by atoms with Crippen molar-refractivity contribution in [3.63, 3.8) is 0 Å². The van der Waals surface area contributed by atoms with Crippen LogP contribution in [0.15, 0.2) is 0 Å². The smallest absolute Gasteiger partial charge is 0.339 e. The molecule has 0 amide bonds. The summed E-state index contributed by atoms with van der Waals surface area (Å²) >= 11 is 0. The third kappa shape index (κ3) is 2.11. The molecule has 7 heavy (non-hydrogen) atoms. The zero-order valence-corrected chi connectivity index (χ0v) is 3.60. The molecule has 4 heteroatoms. The summed E-state index contributed by atoms with van der Waals surface area (Å²) in [5, 5.41) is 7.73. The van der Waals surface area contributed by atoms with Crippen molar-refractivity contribution in [3.05, 3.63) is 0 Å². The minimum absolute atomic E-state index is 0.449. The van der Waals surface area contributed by atoms with Gasteiger partial charge in [0.1, 0.15) is 0 Å². The molecule has 3 N–H and O–H groups in total. The number of rotatable bonds is 2. The van der Waals surface area contributed by atoms with E-state index < -0.39 is 18.7 Å². The van der Waals surface area contributed by atoms with Crippen molar-refractivity contribution < 1.29 is 14.3 Å². The van der Waals surface area contributed by atoms with Crippen LogP contribution in [0.2, 0.25) is 0 Å². The molecule has 0 aliphatic heterocycles. The number of nitrogens with two attached hydrogens (primary N) is 1. The first-order valence-corrected chi connectivity index (χ1v) is 1.75. The van der Waals surface area contributed by atoms with E-state index in [1.54, 1.807) is 0 Å². The summed E-state index contributed by atoms with van der Waals surface area (Å²) in [6.07, 6.45) is -1.90. The average Bonchev–Trinajstić information content (AvgIpc) is 1.65. The van der Waals surface area contributed by atoms with Gasteiger partial charge in [-0.25, -0.2) is 9.18 Å². The molecule has 0 aliphatic rings. The minimum Gasteiger partial charge on any atom is -0.479 e. The molecule has 0 saturated carbocycles. The van der Waals surface area contributed by atoms with Crippen molar-refractivity contribution in [2.24, 2.45) is 5.73 Å². The van der Waals surface area contributed by atoms with Crippen LogP contribution in [0.3, 0.4) is 0 Å². The number of hydrogen-bond donors (Lipinski definition) is 2. The molecule has 42 valence electrons. The van der Waals surface area contributed by atoms with Crippen molar-refractivity contribution in [3.8, 4) is 0 Å². The molecule has 1 unspecified atom stereocenters. The summed E-state index contributed by atoms with van der Waals surface area (Å²) in [5.74, 6) is -1.50. The van der Waals surface area contributed by atoms with E-state index in [4.69, 9.17) is 5.11 Å². The van der Waals surface area contributed by atoms with Crippen LogP contribution >= 0.6 is 0 Å². The predicted molar refractivity (Wildman–Crippen MR) is 21.6 cm³/mol. The third-order valence-electron chi connectivity index (χ3n) is 0.475. The largest absolute Gasteiger partial charge is 0.479 e. The van der Waals surface area contributed by atoms with Gasteiger partial charge in [-0.05, 0) is 0 Å². The lowest BCUT2D eigenvalue weighted by molar-refractivity contribution is -0.142. The van der Waals surface area contributed by atoms with E-state index in [0.717, 1.165) is 0 Å². The SMILES string of the molecule is [15NH2][13CH2][13CH](F)[13C](=O)O. The number of alkyl halides is 1. The van der Waals surface area contributed by atoms with E-state index in [1.165, 1.54) is 0 Å². The fourth-order valence-corrected chi connectivity index (χ4v) is 0.101. The highest BCUT2D eigenvalue weighted by Gasteiger charge is 2.10. The molecule has 0 aromatic heterocycles. The standard InChI is InChI=1S/C3H6FNO2/c4-2(1-5)3(6)7/h2H,1,5H2,(H,6,7)/i1+1,2+1,3+1,5+1. The Bertz CT molecular complexity index is 75.3. The molecular weight excluding hydrogens is 105 g/mol. The lowest BCUT2D eigenvalue weighted by Gasteiger charge is -1.92. The summed E-state index contributed by atoms with van der Waals surface area (Å²) in [4.78, 5) is 9.48. The molecule has 0 fully saturated rings. The molecule has 0 aromatic rings. The van der Waals surface area contributed by atoms with Crippen molar-refractivity contribution in [2.75, 3.05) is 6.54 Å². The zero-order chi connectivity index (χ0) is 5.86. The number of aliphatic carboxylic acids is 1. The van der Waals surface area contributed by atoms with Crippen LogP contribution in [0.1, 0.15) is 0 Å². The first kappa shape index (κ1) is 6.36. The van der Waals surface area contributed by atoms with Gasteiger partial charge in [0.25, 0.3) is 0 Å². The van der Waals surface area contributed by atoms with Crippen molar-refractivity contribution >= 4 is 5.97 Å². The van der Waals surface area contributed by atoms with Gasteiger partial charge >= 0.3 is 5.97 Å². The molecule has 0 saturated heterocycles. The second-order valence-corrected chi connectivity index (χ2v) is 1.04. The van der Waals surface area contributed by atoms with Gasteiger partial charge in [0.2, 0.25) is 6.17 Å². The van der Waals surface area contributed by atoms with Gasteiger partial charge in [-0.3, -0.25) is 0 Å². The van der Waals surface area contributed by atoms with Crippen molar-refractivity contribution in [1.82, 2.24) is 0 Å². The van der Waals surface area contributed by atoms with Gasteiger partial charge in [0, 0.05) is 6.54 Å². The highest BCUT2D eigenvalue weighted by molar-refractivity contribution is 5.72. The van der Waals surface area contributed by atoms with Gasteiger partial charge in [-0.1, -0.05) is 0 Å². The Labute approximate surface area is 39.9 Å². The van der Waals surface area contributed by atoms with Gasteiger partial charge in [0.05, 0.1) is 0 Å². The van der Waals surface area contributed by atoms with Crippen LogP contribution in [-0.4, -0.2) is 23.8 Å². The molecule has 0 radical (unpaired) electrons. The van der Waals surface area contributed by atoms with Crippen LogP contribution in [0.5, 0.6) is 0 Å². The second kappa shape index (κ2) is 2.52. The normalized spacial score (nSPS) is 13.4. The van der Waals surface area contributed by atoms with Crippen LogP contribution in [0, 0.1) is 0 Å². The van der Waals surface area contributed by atoms with Crippen LogP contribution in [0.4, 0.5) is 4.39 Å². The second-order valence-electron chi connectivity index (χ2n) is 1.04. The Balaban J connectivity index is 3.34.